The fraction of sp³-hybridized carbons (Fsp3) is 0.212. The lowest BCUT2D eigenvalue weighted by Gasteiger charge is -2.22. The molecule has 45 heavy (non-hydrogen) atoms. The molecular formula is C33H33FN6O5. The molecular weight excluding hydrogens is 579 g/mol. The molecule has 0 bridgehead atoms. The number of ether oxygens (including phenoxy) is 2. The standard InChI is InChI=1S/C33H33FN6O5/c1-33(19-41,20-42)36-17-22-6-12-27(29(14-22)45-3)37-32-38-30-13-8-24(18-40(30)39-32)23-7-11-26(28(15-23)44-2)31(43)35-16-21-4-9-25(34)10-5-21/h4-15,18-19,36,42H,16-17,20H2,1-3H3,(H,35,43)(H,37,39). The molecule has 2 aromatic heterocycles. The highest BCUT2D eigenvalue weighted by Crippen LogP contribution is 2.30. The zero-order chi connectivity index (χ0) is 32.0. The molecule has 12 heteroatoms. The van der Waals surface area contributed by atoms with Crippen LogP contribution in [0.4, 0.5) is 16.0 Å². The van der Waals surface area contributed by atoms with Gasteiger partial charge in [0.25, 0.3) is 5.91 Å². The number of carbonyl (C=O) groups excluding carboxylic acids is 2. The number of aliphatic hydroxyl groups is 1. The average Bonchev–Trinajstić information content (AvgIpc) is 3.48. The monoisotopic (exact) mass is 612 g/mol. The molecule has 0 aliphatic rings. The van der Waals surface area contributed by atoms with Gasteiger partial charge < -0.3 is 30.0 Å². The van der Waals surface area contributed by atoms with E-state index in [-0.39, 0.29) is 24.9 Å². The molecule has 0 saturated heterocycles. The number of nitrogens with zero attached hydrogens (tertiary/aromatic N) is 3. The van der Waals surface area contributed by atoms with Crippen molar-refractivity contribution in [2.75, 3.05) is 26.1 Å². The van der Waals surface area contributed by atoms with Crippen LogP contribution in [0.3, 0.4) is 0 Å². The van der Waals surface area contributed by atoms with Crippen molar-refractivity contribution in [2.24, 2.45) is 0 Å². The summed E-state index contributed by atoms with van der Waals surface area (Å²) in [5, 5.41) is 23.1. The first-order valence-corrected chi connectivity index (χ1v) is 14.1. The Balaban J connectivity index is 1.30. The Labute approximate surface area is 259 Å². The van der Waals surface area contributed by atoms with Gasteiger partial charge in [-0.1, -0.05) is 24.3 Å². The summed E-state index contributed by atoms with van der Waals surface area (Å²) in [4.78, 5) is 28.7. The fourth-order valence-electron chi connectivity index (χ4n) is 4.55. The van der Waals surface area contributed by atoms with Crippen LogP contribution in [0.1, 0.15) is 28.4 Å². The van der Waals surface area contributed by atoms with E-state index in [4.69, 9.17) is 9.47 Å². The van der Waals surface area contributed by atoms with Crippen molar-refractivity contribution in [3.8, 4) is 22.6 Å². The van der Waals surface area contributed by atoms with E-state index in [0.717, 1.165) is 22.3 Å². The second-order valence-corrected chi connectivity index (χ2v) is 10.6. The number of fused-ring (bicyclic) bond motifs is 1. The maximum absolute atomic E-state index is 13.2. The van der Waals surface area contributed by atoms with E-state index in [1.165, 1.54) is 19.2 Å². The smallest absolute Gasteiger partial charge is 0.255 e. The van der Waals surface area contributed by atoms with Gasteiger partial charge in [0.1, 0.15) is 23.6 Å². The molecule has 1 atom stereocenters. The first-order chi connectivity index (χ1) is 21.7. The highest BCUT2D eigenvalue weighted by molar-refractivity contribution is 5.97. The van der Waals surface area contributed by atoms with Gasteiger partial charge >= 0.3 is 0 Å². The third-order valence-corrected chi connectivity index (χ3v) is 7.27. The molecule has 3 aromatic carbocycles. The first kappa shape index (κ1) is 31.1. The van der Waals surface area contributed by atoms with Crippen LogP contribution in [-0.2, 0) is 17.9 Å². The van der Waals surface area contributed by atoms with Crippen LogP contribution in [-0.4, -0.2) is 58.3 Å². The quantitative estimate of drug-likeness (QED) is 0.144. The molecule has 0 radical (unpaired) electrons. The van der Waals surface area contributed by atoms with E-state index < -0.39 is 5.54 Å². The Hall–Kier alpha value is -5.33. The summed E-state index contributed by atoms with van der Waals surface area (Å²) in [6, 6.07) is 20.5. The van der Waals surface area contributed by atoms with Crippen molar-refractivity contribution in [1.82, 2.24) is 25.2 Å². The second kappa shape index (κ2) is 13.5. The number of aromatic nitrogens is 3. The number of methoxy groups -OCH3 is 2. The first-order valence-electron chi connectivity index (χ1n) is 14.1. The Morgan fingerprint density at radius 3 is 2.40 bits per heavy atom. The van der Waals surface area contributed by atoms with Crippen molar-refractivity contribution in [1.29, 1.82) is 0 Å². The SMILES string of the molecule is COc1cc(CNC(C)(C=O)CO)ccc1Nc1nc2ccc(-c3ccc(C(=O)NCc4ccc(F)cc4)c(OC)c3)cn2n1. The highest BCUT2D eigenvalue weighted by atomic mass is 19.1. The minimum Gasteiger partial charge on any atom is -0.496 e. The molecule has 0 fully saturated rings. The summed E-state index contributed by atoms with van der Waals surface area (Å²) in [5.41, 5.74) is 3.88. The summed E-state index contributed by atoms with van der Waals surface area (Å²) >= 11 is 0. The molecule has 1 unspecified atom stereocenters. The summed E-state index contributed by atoms with van der Waals surface area (Å²) in [7, 11) is 3.06. The zero-order valence-electron chi connectivity index (χ0n) is 25.0. The summed E-state index contributed by atoms with van der Waals surface area (Å²) in [6.45, 7) is 1.92. The molecule has 2 heterocycles. The number of aldehydes is 1. The van der Waals surface area contributed by atoms with Crippen molar-refractivity contribution >= 4 is 29.5 Å². The van der Waals surface area contributed by atoms with Crippen LogP contribution in [0.15, 0.2) is 79.0 Å². The van der Waals surface area contributed by atoms with E-state index in [1.54, 1.807) is 42.8 Å². The second-order valence-electron chi connectivity index (χ2n) is 10.6. The number of anilines is 2. The Kier molecular flexibility index (Phi) is 9.36. The predicted octanol–water partition coefficient (Wildman–Crippen LogP) is 4.27. The fourth-order valence-corrected chi connectivity index (χ4v) is 4.55. The maximum Gasteiger partial charge on any atom is 0.255 e. The van der Waals surface area contributed by atoms with Gasteiger partial charge in [-0.15, -0.1) is 5.10 Å². The number of rotatable bonds is 13. The van der Waals surface area contributed by atoms with Crippen LogP contribution in [0.2, 0.25) is 0 Å². The van der Waals surface area contributed by atoms with Gasteiger partial charge in [-0.2, -0.15) is 4.98 Å². The van der Waals surface area contributed by atoms with Gasteiger partial charge in [-0.05, 0) is 72.1 Å². The van der Waals surface area contributed by atoms with Gasteiger partial charge in [-0.3, -0.25) is 10.1 Å². The van der Waals surface area contributed by atoms with Gasteiger partial charge in [0, 0.05) is 24.8 Å². The van der Waals surface area contributed by atoms with Gasteiger partial charge in [0.2, 0.25) is 5.95 Å². The minimum absolute atomic E-state index is 0.252. The lowest BCUT2D eigenvalue weighted by molar-refractivity contribution is -0.114. The number of halogens is 1. The van der Waals surface area contributed by atoms with Gasteiger partial charge in [-0.25, -0.2) is 8.91 Å². The van der Waals surface area contributed by atoms with E-state index in [2.05, 4.69) is 26.0 Å². The van der Waals surface area contributed by atoms with Crippen molar-refractivity contribution in [3.63, 3.8) is 0 Å². The summed E-state index contributed by atoms with van der Waals surface area (Å²) in [6.07, 6.45) is 2.51. The Morgan fingerprint density at radius 2 is 1.69 bits per heavy atom. The molecule has 4 N–H and O–H groups in total. The number of carbonyl (C=O) groups is 2. The largest absolute Gasteiger partial charge is 0.496 e. The van der Waals surface area contributed by atoms with Crippen molar-refractivity contribution in [2.45, 2.75) is 25.6 Å². The van der Waals surface area contributed by atoms with E-state index in [0.29, 0.717) is 47.2 Å². The number of amides is 1. The predicted molar refractivity (Wildman–Crippen MR) is 167 cm³/mol. The Bertz CT molecular complexity index is 1830. The van der Waals surface area contributed by atoms with Crippen LogP contribution in [0, 0.1) is 5.82 Å². The number of pyridine rings is 1. The molecule has 5 aromatic rings. The van der Waals surface area contributed by atoms with Crippen LogP contribution < -0.4 is 25.4 Å². The highest BCUT2D eigenvalue weighted by Gasteiger charge is 2.21. The van der Waals surface area contributed by atoms with Gasteiger partial charge in [0.15, 0.2) is 5.65 Å². The molecule has 5 rings (SSSR count). The normalized spacial score (nSPS) is 12.4. The van der Waals surface area contributed by atoms with Crippen LogP contribution in [0.5, 0.6) is 11.5 Å². The van der Waals surface area contributed by atoms with Crippen molar-refractivity contribution < 1.29 is 28.6 Å². The third-order valence-electron chi connectivity index (χ3n) is 7.27. The maximum atomic E-state index is 13.2. The topological polar surface area (TPSA) is 139 Å². The molecule has 232 valence electrons. The van der Waals surface area contributed by atoms with Crippen LogP contribution >= 0.6 is 0 Å². The zero-order valence-corrected chi connectivity index (χ0v) is 25.0. The van der Waals surface area contributed by atoms with Crippen molar-refractivity contribution in [3.05, 3.63) is 102 Å². The molecule has 0 spiro atoms. The number of nitrogens with one attached hydrogen (secondary N) is 3. The lowest BCUT2D eigenvalue weighted by atomic mass is 10.0. The molecule has 1 amide bonds. The summed E-state index contributed by atoms with van der Waals surface area (Å²) in [5.74, 6) is 0.673. The molecule has 11 nitrogen and oxygen atoms in total. The van der Waals surface area contributed by atoms with Gasteiger partial charge in [0.05, 0.1) is 37.6 Å². The third kappa shape index (κ3) is 7.25. The lowest BCUT2D eigenvalue weighted by Crippen LogP contribution is -2.46. The molecule has 0 aliphatic heterocycles. The number of hydrogen-bond acceptors (Lipinski definition) is 9. The number of hydrogen-bond donors (Lipinski definition) is 4. The molecule has 0 aliphatic carbocycles. The van der Waals surface area contributed by atoms with E-state index in [1.807, 2.05) is 42.6 Å². The summed E-state index contributed by atoms with van der Waals surface area (Å²) < 4.78 is 25.9. The number of aliphatic hydroxyl groups excluding tert-OH is 1. The average molecular weight is 613 g/mol. The number of benzene rings is 3. The minimum atomic E-state index is -1.03. The molecule has 0 saturated carbocycles. The van der Waals surface area contributed by atoms with E-state index in [9.17, 15) is 19.1 Å². The Morgan fingerprint density at radius 1 is 0.956 bits per heavy atom. The van der Waals surface area contributed by atoms with Crippen LogP contribution in [0.25, 0.3) is 16.8 Å². The van der Waals surface area contributed by atoms with E-state index >= 15 is 0 Å².